The summed E-state index contributed by atoms with van der Waals surface area (Å²) in [6.07, 6.45) is 5.37. The van der Waals surface area contributed by atoms with Crippen molar-refractivity contribution in [1.29, 1.82) is 0 Å². The second-order valence-electron chi connectivity index (χ2n) is 3.21. The van der Waals surface area contributed by atoms with Crippen LogP contribution in [0.4, 0.5) is 0 Å². The average molecular weight is 196 g/mol. The van der Waals surface area contributed by atoms with E-state index < -0.39 is 0 Å². The maximum atomic E-state index is 5.69. The molecule has 0 spiro atoms. The molecule has 0 saturated carbocycles. The summed E-state index contributed by atoms with van der Waals surface area (Å²) < 4.78 is 5.69. The van der Waals surface area contributed by atoms with Gasteiger partial charge in [0.1, 0.15) is 11.3 Å². The molecule has 1 aromatic heterocycles. The zero-order valence-electron chi connectivity index (χ0n) is 8.44. The van der Waals surface area contributed by atoms with E-state index in [1.54, 1.807) is 12.2 Å². The molecule has 0 aliphatic rings. The second-order valence-corrected chi connectivity index (χ2v) is 3.21. The fourth-order valence-corrected chi connectivity index (χ4v) is 1.50. The summed E-state index contributed by atoms with van der Waals surface area (Å²) >= 11 is 0. The van der Waals surface area contributed by atoms with Crippen LogP contribution in [0.1, 0.15) is 5.76 Å². The first-order valence-corrected chi connectivity index (χ1v) is 4.79. The Morgan fingerprint density at radius 3 is 2.67 bits per heavy atom. The predicted molar refractivity (Wildman–Crippen MR) is 64.6 cm³/mol. The van der Waals surface area contributed by atoms with E-state index in [1.807, 2.05) is 36.4 Å². The lowest BCUT2D eigenvalue weighted by Gasteiger charge is -1.93. The molecule has 1 heterocycles. The summed E-state index contributed by atoms with van der Waals surface area (Å²) in [5.41, 5.74) is 1.84. The van der Waals surface area contributed by atoms with Gasteiger partial charge in [0.15, 0.2) is 0 Å². The summed E-state index contributed by atoms with van der Waals surface area (Å²) in [5, 5.41) is 1.10. The van der Waals surface area contributed by atoms with Crippen LogP contribution < -0.4 is 0 Å². The highest BCUT2D eigenvalue weighted by atomic mass is 16.3. The molecule has 2 aromatic rings. The van der Waals surface area contributed by atoms with Gasteiger partial charge in [-0.1, -0.05) is 49.6 Å². The van der Waals surface area contributed by atoms with Gasteiger partial charge in [-0.2, -0.15) is 0 Å². The molecule has 2 rings (SSSR count). The van der Waals surface area contributed by atoms with Crippen LogP contribution in [0, 0.1) is 0 Å². The highest BCUT2D eigenvalue weighted by Gasteiger charge is 2.04. The third kappa shape index (κ3) is 1.77. The number of benzene rings is 1. The number of rotatable bonds is 3. The molecule has 0 bridgehead atoms. The molecule has 0 saturated heterocycles. The first-order valence-electron chi connectivity index (χ1n) is 4.79. The van der Waals surface area contributed by atoms with E-state index in [-0.39, 0.29) is 0 Å². The van der Waals surface area contributed by atoms with Gasteiger partial charge in [0, 0.05) is 11.0 Å². The summed E-state index contributed by atoms with van der Waals surface area (Å²) in [4.78, 5) is 0. The number of hydrogen-bond donors (Lipinski definition) is 0. The van der Waals surface area contributed by atoms with Crippen molar-refractivity contribution in [1.82, 2.24) is 0 Å². The highest BCUT2D eigenvalue weighted by Crippen LogP contribution is 2.24. The highest BCUT2D eigenvalue weighted by molar-refractivity contribution is 5.84. The molecule has 0 aliphatic heterocycles. The lowest BCUT2D eigenvalue weighted by Crippen LogP contribution is -1.72. The van der Waals surface area contributed by atoms with Crippen molar-refractivity contribution in [3.8, 4) is 0 Å². The van der Waals surface area contributed by atoms with Gasteiger partial charge in [-0.3, -0.25) is 0 Å². The van der Waals surface area contributed by atoms with Gasteiger partial charge in [0.05, 0.1) is 0 Å². The van der Waals surface area contributed by atoms with Crippen LogP contribution in [0.2, 0.25) is 0 Å². The monoisotopic (exact) mass is 196 g/mol. The van der Waals surface area contributed by atoms with Crippen molar-refractivity contribution in [2.45, 2.75) is 0 Å². The molecule has 1 aromatic carbocycles. The molecule has 0 atom stereocenters. The molecule has 0 radical (unpaired) electrons. The van der Waals surface area contributed by atoms with Crippen molar-refractivity contribution in [3.63, 3.8) is 0 Å². The van der Waals surface area contributed by atoms with Gasteiger partial charge in [-0.25, -0.2) is 0 Å². The van der Waals surface area contributed by atoms with Gasteiger partial charge in [-0.05, 0) is 12.1 Å². The van der Waals surface area contributed by atoms with Crippen LogP contribution in [0.15, 0.2) is 66.1 Å². The zero-order chi connectivity index (χ0) is 10.7. The molecule has 0 fully saturated rings. The molecule has 0 amide bonds. The Hall–Kier alpha value is -2.02. The van der Waals surface area contributed by atoms with E-state index in [0.29, 0.717) is 0 Å². The van der Waals surface area contributed by atoms with Crippen molar-refractivity contribution in [2.75, 3.05) is 0 Å². The zero-order valence-corrected chi connectivity index (χ0v) is 8.44. The SMILES string of the molecule is C=C/C=C(\C=C)c1cc2ccccc2o1. The van der Waals surface area contributed by atoms with Crippen molar-refractivity contribution in [2.24, 2.45) is 0 Å². The van der Waals surface area contributed by atoms with Crippen LogP contribution in [-0.2, 0) is 0 Å². The van der Waals surface area contributed by atoms with Crippen molar-refractivity contribution >= 4 is 16.5 Å². The third-order valence-electron chi connectivity index (χ3n) is 2.23. The topological polar surface area (TPSA) is 13.1 Å². The largest absolute Gasteiger partial charge is 0.456 e. The van der Waals surface area contributed by atoms with Crippen LogP contribution in [0.5, 0.6) is 0 Å². The second kappa shape index (κ2) is 4.01. The number of allylic oxidation sites excluding steroid dienone is 4. The first-order chi connectivity index (χ1) is 7.35. The van der Waals surface area contributed by atoms with Gasteiger partial charge in [0.2, 0.25) is 0 Å². The summed E-state index contributed by atoms with van der Waals surface area (Å²) in [5.74, 6) is 0.825. The fourth-order valence-electron chi connectivity index (χ4n) is 1.50. The molecule has 1 heteroatoms. The molecular weight excluding hydrogens is 184 g/mol. The van der Waals surface area contributed by atoms with Crippen LogP contribution >= 0.6 is 0 Å². The van der Waals surface area contributed by atoms with Crippen molar-refractivity contribution in [3.05, 3.63) is 67.5 Å². The van der Waals surface area contributed by atoms with E-state index >= 15 is 0 Å². The van der Waals surface area contributed by atoms with E-state index in [1.165, 1.54) is 0 Å². The van der Waals surface area contributed by atoms with Gasteiger partial charge in [0.25, 0.3) is 0 Å². The molecule has 0 N–H and O–H groups in total. The summed E-state index contributed by atoms with van der Waals surface area (Å²) in [6, 6.07) is 9.93. The molecule has 0 aliphatic carbocycles. The molecule has 0 unspecified atom stereocenters. The Bertz CT molecular complexity index is 496. The van der Waals surface area contributed by atoms with Gasteiger partial charge >= 0.3 is 0 Å². The van der Waals surface area contributed by atoms with Gasteiger partial charge in [-0.15, -0.1) is 0 Å². The average Bonchev–Trinajstić information content (AvgIpc) is 2.69. The standard InChI is InChI=1S/C14H12O/c1-3-7-11(4-2)14-10-12-8-5-6-9-13(12)15-14/h3-10H,1-2H2/b11-7+. The van der Waals surface area contributed by atoms with E-state index in [4.69, 9.17) is 4.42 Å². The Kier molecular flexibility index (Phi) is 2.55. The maximum absolute atomic E-state index is 5.69. The number of para-hydroxylation sites is 1. The smallest absolute Gasteiger partial charge is 0.135 e. The Balaban J connectivity index is 2.57. The number of furan rings is 1. The predicted octanol–water partition coefficient (Wildman–Crippen LogP) is 4.19. The number of hydrogen-bond acceptors (Lipinski definition) is 1. The minimum atomic E-state index is 0.825. The molecule has 15 heavy (non-hydrogen) atoms. The first kappa shape index (κ1) is 9.53. The van der Waals surface area contributed by atoms with Crippen LogP contribution in [0.25, 0.3) is 16.5 Å². The Morgan fingerprint density at radius 1 is 1.20 bits per heavy atom. The lowest BCUT2D eigenvalue weighted by atomic mass is 10.1. The molecule has 1 nitrogen and oxygen atoms in total. The normalized spacial score (nSPS) is 11.6. The van der Waals surface area contributed by atoms with Crippen LogP contribution in [0.3, 0.4) is 0 Å². The quantitative estimate of drug-likeness (QED) is 0.671. The number of fused-ring (bicyclic) bond motifs is 1. The summed E-state index contributed by atoms with van der Waals surface area (Å²) in [6.45, 7) is 7.41. The molecule has 74 valence electrons. The van der Waals surface area contributed by atoms with E-state index in [9.17, 15) is 0 Å². The minimum absolute atomic E-state index is 0.825. The Morgan fingerprint density at radius 2 is 2.00 bits per heavy atom. The lowest BCUT2D eigenvalue weighted by molar-refractivity contribution is 0.601. The van der Waals surface area contributed by atoms with E-state index in [0.717, 1.165) is 22.3 Å². The van der Waals surface area contributed by atoms with Crippen molar-refractivity contribution < 1.29 is 4.42 Å². The Labute approximate surface area is 89.0 Å². The van der Waals surface area contributed by atoms with Gasteiger partial charge < -0.3 is 4.42 Å². The summed E-state index contributed by atoms with van der Waals surface area (Å²) in [7, 11) is 0. The van der Waals surface area contributed by atoms with E-state index in [2.05, 4.69) is 13.2 Å². The fraction of sp³-hybridized carbons (Fsp3) is 0. The third-order valence-corrected chi connectivity index (χ3v) is 2.23. The molecular formula is C14H12O. The van der Waals surface area contributed by atoms with Crippen LogP contribution in [-0.4, -0.2) is 0 Å². The maximum Gasteiger partial charge on any atom is 0.135 e. The minimum Gasteiger partial charge on any atom is -0.456 e.